The van der Waals surface area contributed by atoms with E-state index in [0.717, 1.165) is 24.7 Å². The van der Waals surface area contributed by atoms with Crippen molar-refractivity contribution < 1.29 is 9.47 Å². The SMILES string of the molecule is C#CCOCC1CSC2(SCC(COCC#C)S2)S1. The smallest absolute Gasteiger partial charge is 0.154 e. The van der Waals surface area contributed by atoms with Crippen molar-refractivity contribution in [1.29, 1.82) is 0 Å². The molecule has 2 atom stereocenters. The molecule has 19 heavy (non-hydrogen) atoms. The summed E-state index contributed by atoms with van der Waals surface area (Å²) >= 11 is 8.07. The summed E-state index contributed by atoms with van der Waals surface area (Å²) in [6.07, 6.45) is 10.4. The Morgan fingerprint density at radius 2 is 1.42 bits per heavy atom. The van der Waals surface area contributed by atoms with Crippen LogP contribution in [-0.2, 0) is 9.47 Å². The molecule has 0 bridgehead atoms. The van der Waals surface area contributed by atoms with Gasteiger partial charge in [-0.1, -0.05) is 11.8 Å². The Balaban J connectivity index is 1.71. The Labute approximate surface area is 132 Å². The van der Waals surface area contributed by atoms with Crippen molar-refractivity contribution >= 4 is 47.0 Å². The average Bonchev–Trinajstić information content (AvgIpc) is 2.99. The zero-order chi connectivity index (χ0) is 13.6. The van der Waals surface area contributed by atoms with Crippen molar-refractivity contribution in [2.45, 2.75) is 13.2 Å². The Hall–Kier alpha value is 0.440. The van der Waals surface area contributed by atoms with E-state index < -0.39 is 0 Å². The summed E-state index contributed by atoms with van der Waals surface area (Å²) in [6, 6.07) is 0. The van der Waals surface area contributed by atoms with Gasteiger partial charge in [-0.05, 0) is 0 Å². The maximum atomic E-state index is 5.44. The summed E-state index contributed by atoms with van der Waals surface area (Å²) in [5, 5.41) is 1.09. The summed E-state index contributed by atoms with van der Waals surface area (Å²) in [4.78, 5) is 0. The lowest BCUT2D eigenvalue weighted by atomic mass is 10.5. The molecule has 2 fully saturated rings. The number of rotatable bonds is 6. The molecule has 0 radical (unpaired) electrons. The molecule has 0 amide bonds. The Morgan fingerprint density at radius 3 is 1.84 bits per heavy atom. The van der Waals surface area contributed by atoms with Crippen LogP contribution in [0.15, 0.2) is 0 Å². The maximum absolute atomic E-state index is 5.44. The third kappa shape index (κ3) is 4.74. The molecule has 104 valence electrons. The summed E-state index contributed by atoms with van der Waals surface area (Å²) < 4.78 is 11.1. The van der Waals surface area contributed by atoms with Gasteiger partial charge in [0.25, 0.3) is 0 Å². The lowest BCUT2D eigenvalue weighted by molar-refractivity contribution is 0.172. The van der Waals surface area contributed by atoms with Gasteiger partial charge in [0.2, 0.25) is 0 Å². The zero-order valence-electron chi connectivity index (χ0n) is 10.5. The first-order valence-electron chi connectivity index (χ1n) is 5.94. The summed E-state index contributed by atoms with van der Waals surface area (Å²) in [5.74, 6) is 7.28. The minimum absolute atomic E-state index is 0.230. The van der Waals surface area contributed by atoms with Crippen LogP contribution in [0.25, 0.3) is 0 Å². The highest BCUT2D eigenvalue weighted by molar-refractivity contribution is 8.50. The van der Waals surface area contributed by atoms with Crippen molar-refractivity contribution in [2.24, 2.45) is 0 Å². The predicted octanol–water partition coefficient (Wildman–Crippen LogP) is 2.59. The lowest BCUT2D eigenvalue weighted by Gasteiger charge is -2.20. The van der Waals surface area contributed by atoms with Crippen LogP contribution >= 0.6 is 47.0 Å². The second-order valence-electron chi connectivity index (χ2n) is 4.04. The molecular weight excluding hydrogens is 316 g/mol. The lowest BCUT2D eigenvalue weighted by Crippen LogP contribution is -2.13. The second kappa shape index (κ2) is 8.02. The fourth-order valence-electron chi connectivity index (χ4n) is 1.73. The number of ether oxygens (including phenoxy) is 2. The quantitative estimate of drug-likeness (QED) is 0.546. The van der Waals surface area contributed by atoms with Crippen LogP contribution in [0.2, 0.25) is 0 Å². The molecule has 1 spiro atoms. The largest absolute Gasteiger partial charge is 0.368 e. The fraction of sp³-hybridized carbons (Fsp3) is 0.692. The van der Waals surface area contributed by atoms with Gasteiger partial charge in [-0.25, -0.2) is 0 Å². The molecule has 0 saturated carbocycles. The summed E-state index contributed by atoms with van der Waals surface area (Å²) in [5.41, 5.74) is 0. The normalized spacial score (nSPS) is 33.4. The van der Waals surface area contributed by atoms with Crippen LogP contribution in [0.5, 0.6) is 0 Å². The van der Waals surface area contributed by atoms with Crippen LogP contribution in [0, 0.1) is 24.7 Å². The Kier molecular flexibility index (Phi) is 6.68. The molecule has 2 heterocycles. The highest BCUT2D eigenvalue weighted by atomic mass is 32.3. The van der Waals surface area contributed by atoms with E-state index in [0.29, 0.717) is 23.7 Å². The van der Waals surface area contributed by atoms with E-state index in [1.807, 2.05) is 47.0 Å². The van der Waals surface area contributed by atoms with Crippen molar-refractivity contribution in [3.8, 4) is 24.7 Å². The van der Waals surface area contributed by atoms with Crippen molar-refractivity contribution in [2.75, 3.05) is 37.9 Å². The number of terminal acetylenes is 2. The first-order chi connectivity index (χ1) is 9.28. The van der Waals surface area contributed by atoms with Gasteiger partial charge in [0.1, 0.15) is 13.2 Å². The highest BCUT2D eigenvalue weighted by Crippen LogP contribution is 2.66. The molecule has 0 N–H and O–H groups in total. The van der Waals surface area contributed by atoms with Gasteiger partial charge in [-0.15, -0.1) is 59.9 Å². The van der Waals surface area contributed by atoms with Gasteiger partial charge in [0, 0.05) is 22.0 Å². The number of hydrogen-bond acceptors (Lipinski definition) is 6. The van der Waals surface area contributed by atoms with Gasteiger partial charge in [-0.3, -0.25) is 0 Å². The Bertz CT molecular complexity index is 338. The molecule has 2 aliphatic rings. The van der Waals surface area contributed by atoms with E-state index in [1.54, 1.807) is 0 Å². The molecule has 2 aliphatic heterocycles. The molecular formula is C13H16O2S4. The maximum Gasteiger partial charge on any atom is 0.154 e. The van der Waals surface area contributed by atoms with Gasteiger partial charge in [0.15, 0.2) is 2.74 Å². The van der Waals surface area contributed by atoms with Crippen molar-refractivity contribution in [3.05, 3.63) is 0 Å². The van der Waals surface area contributed by atoms with E-state index in [-0.39, 0.29) is 2.74 Å². The topological polar surface area (TPSA) is 18.5 Å². The number of thioether (sulfide) groups is 4. The first-order valence-corrected chi connectivity index (χ1v) is 9.67. The standard InChI is InChI=1S/C13H16O2S4/c1-3-5-14-7-11-9-16-13(18-11)17-10-12(19-13)8-15-6-4-2/h1-2,11-12H,5-10H2. The van der Waals surface area contributed by atoms with Crippen molar-refractivity contribution in [1.82, 2.24) is 0 Å². The van der Waals surface area contributed by atoms with Crippen LogP contribution in [-0.4, -0.2) is 51.2 Å². The van der Waals surface area contributed by atoms with Gasteiger partial charge >= 0.3 is 0 Å². The Morgan fingerprint density at radius 1 is 0.947 bits per heavy atom. The zero-order valence-corrected chi connectivity index (χ0v) is 13.8. The molecule has 2 nitrogen and oxygen atoms in total. The van der Waals surface area contributed by atoms with E-state index in [1.165, 1.54) is 0 Å². The van der Waals surface area contributed by atoms with Crippen LogP contribution < -0.4 is 0 Å². The summed E-state index contributed by atoms with van der Waals surface area (Å²) in [6.45, 7) is 2.33. The molecule has 0 aromatic heterocycles. The van der Waals surface area contributed by atoms with Crippen molar-refractivity contribution in [3.63, 3.8) is 0 Å². The first kappa shape index (κ1) is 15.8. The van der Waals surface area contributed by atoms with Crippen LogP contribution in [0.3, 0.4) is 0 Å². The van der Waals surface area contributed by atoms with Crippen LogP contribution in [0.4, 0.5) is 0 Å². The van der Waals surface area contributed by atoms with Crippen LogP contribution in [0.1, 0.15) is 0 Å². The molecule has 2 rings (SSSR count). The third-order valence-corrected chi connectivity index (χ3v) is 10.5. The third-order valence-electron chi connectivity index (χ3n) is 2.49. The molecule has 2 saturated heterocycles. The van der Waals surface area contributed by atoms with Gasteiger partial charge < -0.3 is 9.47 Å². The molecule has 0 aliphatic carbocycles. The van der Waals surface area contributed by atoms with Gasteiger partial charge in [0.05, 0.1) is 13.2 Å². The van der Waals surface area contributed by atoms with E-state index in [2.05, 4.69) is 11.8 Å². The monoisotopic (exact) mass is 332 g/mol. The van der Waals surface area contributed by atoms with E-state index in [4.69, 9.17) is 22.3 Å². The highest BCUT2D eigenvalue weighted by Gasteiger charge is 2.48. The molecule has 2 unspecified atom stereocenters. The molecule has 0 aromatic carbocycles. The minimum Gasteiger partial charge on any atom is -0.368 e. The predicted molar refractivity (Wildman–Crippen MR) is 89.7 cm³/mol. The van der Waals surface area contributed by atoms with E-state index >= 15 is 0 Å². The van der Waals surface area contributed by atoms with E-state index in [9.17, 15) is 0 Å². The molecule has 6 heteroatoms. The van der Waals surface area contributed by atoms with Gasteiger partial charge in [-0.2, -0.15) is 0 Å². The minimum atomic E-state index is 0.230. The molecule has 0 aromatic rings. The second-order valence-corrected chi connectivity index (χ2v) is 11.1. The summed E-state index contributed by atoms with van der Waals surface area (Å²) in [7, 11) is 0. The average molecular weight is 333 g/mol. The number of hydrogen-bond donors (Lipinski definition) is 0. The fourth-order valence-corrected chi connectivity index (χ4v) is 10.1.